The van der Waals surface area contributed by atoms with Gasteiger partial charge in [0.15, 0.2) is 0 Å². The van der Waals surface area contributed by atoms with Crippen LogP contribution in [0.4, 0.5) is 0 Å². The van der Waals surface area contributed by atoms with Crippen molar-refractivity contribution in [3.63, 3.8) is 0 Å². The van der Waals surface area contributed by atoms with Crippen LogP contribution in [0.5, 0.6) is 0 Å². The highest BCUT2D eigenvalue weighted by Crippen LogP contribution is 2.25. The lowest BCUT2D eigenvalue weighted by Gasteiger charge is -2.40. The number of piperidine rings is 1. The van der Waals surface area contributed by atoms with Gasteiger partial charge in [-0.2, -0.15) is 0 Å². The normalized spacial score (nSPS) is 26.9. The highest BCUT2D eigenvalue weighted by Gasteiger charge is 2.35. The number of carbonyl (C=O) groups excluding carboxylic acids is 1. The maximum Gasteiger partial charge on any atom is 0.314 e. The number of hydrogen-bond donors (Lipinski definition) is 0. The highest BCUT2D eigenvalue weighted by molar-refractivity contribution is 5.72. The number of likely N-dealkylation sites (tertiary alicyclic amines) is 1. The molecule has 104 valence electrons. The molecular formula is C16H24NO2+. The van der Waals surface area contributed by atoms with E-state index in [1.54, 1.807) is 0 Å². The molecule has 0 saturated carbocycles. The lowest BCUT2D eigenvalue weighted by atomic mass is 9.95. The van der Waals surface area contributed by atoms with Gasteiger partial charge in [-0.25, -0.2) is 0 Å². The molecule has 1 saturated heterocycles. The molecule has 0 amide bonds. The molecule has 1 heterocycles. The number of ether oxygens (including phenoxy) is 1. The first-order valence-electron chi connectivity index (χ1n) is 7.17. The Balaban J connectivity index is 2.00. The zero-order chi connectivity index (χ0) is 13.7. The Morgan fingerprint density at radius 3 is 2.79 bits per heavy atom. The summed E-state index contributed by atoms with van der Waals surface area (Å²) in [6, 6.07) is 10.5. The number of hydrogen-bond acceptors (Lipinski definition) is 2. The quantitative estimate of drug-likeness (QED) is 0.616. The van der Waals surface area contributed by atoms with Crippen LogP contribution in [0.3, 0.4) is 0 Å². The fraction of sp³-hybridized carbons (Fsp3) is 0.562. The van der Waals surface area contributed by atoms with Gasteiger partial charge in [-0.15, -0.1) is 0 Å². The van der Waals surface area contributed by atoms with Crippen LogP contribution in [0.25, 0.3) is 0 Å². The summed E-state index contributed by atoms with van der Waals surface area (Å²) in [4.78, 5) is 11.9. The molecule has 1 aromatic carbocycles. The summed E-state index contributed by atoms with van der Waals surface area (Å²) in [5.74, 6) is 0.0574. The van der Waals surface area contributed by atoms with Gasteiger partial charge >= 0.3 is 5.97 Å². The van der Waals surface area contributed by atoms with Crippen LogP contribution in [0.1, 0.15) is 25.3 Å². The van der Waals surface area contributed by atoms with Gasteiger partial charge in [0.25, 0.3) is 0 Å². The number of rotatable bonds is 4. The second kappa shape index (κ2) is 6.20. The van der Waals surface area contributed by atoms with Crippen molar-refractivity contribution in [3.05, 3.63) is 35.9 Å². The molecule has 1 aliphatic heterocycles. The van der Waals surface area contributed by atoms with Gasteiger partial charge in [0.05, 0.1) is 26.7 Å². The molecule has 2 rings (SSSR count). The second-order valence-corrected chi connectivity index (χ2v) is 5.76. The standard InChI is InChI=1S/C16H24NO2/c1-3-19-16(18)15-10-7-11-17(2,13-15)12-14-8-5-4-6-9-14/h4-6,8-9,15H,3,7,10-13H2,1-2H3/q+1/t15-,17?/m0/s1. The Morgan fingerprint density at radius 1 is 1.37 bits per heavy atom. The Bertz CT molecular complexity index is 418. The summed E-state index contributed by atoms with van der Waals surface area (Å²) in [6.45, 7) is 5.39. The van der Waals surface area contributed by atoms with Crippen molar-refractivity contribution < 1.29 is 14.0 Å². The Labute approximate surface area is 115 Å². The van der Waals surface area contributed by atoms with E-state index in [1.807, 2.05) is 13.0 Å². The molecule has 0 bridgehead atoms. The van der Waals surface area contributed by atoms with Crippen LogP contribution in [0.2, 0.25) is 0 Å². The molecule has 0 aliphatic carbocycles. The van der Waals surface area contributed by atoms with Crippen molar-refractivity contribution in [2.45, 2.75) is 26.3 Å². The van der Waals surface area contributed by atoms with Gasteiger partial charge in [0.1, 0.15) is 12.5 Å². The zero-order valence-electron chi connectivity index (χ0n) is 12.0. The van der Waals surface area contributed by atoms with Crippen molar-refractivity contribution in [2.75, 3.05) is 26.7 Å². The first kappa shape index (κ1) is 14.1. The Morgan fingerprint density at radius 2 is 2.11 bits per heavy atom. The van der Waals surface area contributed by atoms with Crippen LogP contribution < -0.4 is 0 Å². The lowest BCUT2D eigenvalue weighted by Crippen LogP contribution is -2.52. The summed E-state index contributed by atoms with van der Waals surface area (Å²) in [5, 5.41) is 0. The number of esters is 1. The van der Waals surface area contributed by atoms with Gasteiger partial charge in [-0.3, -0.25) is 4.79 Å². The minimum atomic E-state index is -0.0142. The molecule has 2 atom stereocenters. The van der Waals surface area contributed by atoms with Crippen molar-refractivity contribution in [1.29, 1.82) is 0 Å². The summed E-state index contributed by atoms with van der Waals surface area (Å²) in [5.41, 5.74) is 1.34. The van der Waals surface area contributed by atoms with Crippen LogP contribution in [0, 0.1) is 5.92 Å². The van der Waals surface area contributed by atoms with Crippen LogP contribution in [0.15, 0.2) is 30.3 Å². The molecule has 19 heavy (non-hydrogen) atoms. The molecule has 0 spiro atoms. The molecular weight excluding hydrogens is 238 g/mol. The number of carbonyl (C=O) groups is 1. The maximum absolute atomic E-state index is 11.9. The average molecular weight is 262 g/mol. The predicted octanol–water partition coefficient (Wildman–Crippen LogP) is 2.61. The van der Waals surface area contributed by atoms with Gasteiger partial charge in [-0.1, -0.05) is 30.3 Å². The molecule has 1 aliphatic rings. The number of quaternary nitrogens is 1. The van der Waals surface area contributed by atoms with E-state index in [0.717, 1.165) is 37.0 Å². The predicted molar refractivity (Wildman–Crippen MR) is 75.4 cm³/mol. The summed E-state index contributed by atoms with van der Waals surface area (Å²) >= 11 is 0. The Kier molecular flexibility index (Phi) is 4.59. The average Bonchev–Trinajstić information content (AvgIpc) is 2.39. The van der Waals surface area contributed by atoms with E-state index >= 15 is 0 Å². The minimum absolute atomic E-state index is 0.0142. The maximum atomic E-state index is 11.9. The van der Waals surface area contributed by atoms with Gasteiger partial charge in [0.2, 0.25) is 0 Å². The van der Waals surface area contributed by atoms with Crippen molar-refractivity contribution in [3.8, 4) is 0 Å². The van der Waals surface area contributed by atoms with E-state index in [0.29, 0.717) is 6.61 Å². The fourth-order valence-electron chi connectivity index (χ4n) is 3.05. The molecule has 1 unspecified atom stereocenters. The first-order valence-corrected chi connectivity index (χ1v) is 7.17. The number of nitrogens with zero attached hydrogens (tertiary/aromatic N) is 1. The van der Waals surface area contributed by atoms with Crippen molar-refractivity contribution in [1.82, 2.24) is 0 Å². The van der Waals surface area contributed by atoms with Crippen molar-refractivity contribution in [2.24, 2.45) is 5.92 Å². The zero-order valence-corrected chi connectivity index (χ0v) is 12.0. The van der Waals surface area contributed by atoms with Crippen LogP contribution in [-0.2, 0) is 16.1 Å². The number of benzene rings is 1. The van der Waals surface area contributed by atoms with E-state index in [9.17, 15) is 4.79 Å². The van der Waals surface area contributed by atoms with Gasteiger partial charge in [0, 0.05) is 5.56 Å². The largest absolute Gasteiger partial charge is 0.466 e. The van der Waals surface area contributed by atoms with E-state index in [2.05, 4.69) is 31.3 Å². The minimum Gasteiger partial charge on any atom is -0.466 e. The summed E-state index contributed by atoms with van der Waals surface area (Å²) < 4.78 is 6.11. The van der Waals surface area contributed by atoms with Gasteiger partial charge in [-0.05, 0) is 19.8 Å². The third kappa shape index (κ3) is 3.80. The third-order valence-corrected chi connectivity index (χ3v) is 3.94. The molecule has 3 nitrogen and oxygen atoms in total. The van der Waals surface area contributed by atoms with E-state index in [1.165, 1.54) is 5.56 Å². The van der Waals surface area contributed by atoms with E-state index < -0.39 is 0 Å². The molecule has 1 fully saturated rings. The molecule has 0 aromatic heterocycles. The Hall–Kier alpha value is -1.35. The molecule has 0 radical (unpaired) electrons. The smallest absolute Gasteiger partial charge is 0.314 e. The van der Waals surface area contributed by atoms with Crippen LogP contribution in [-0.4, -0.2) is 37.2 Å². The highest BCUT2D eigenvalue weighted by atomic mass is 16.5. The molecule has 1 aromatic rings. The lowest BCUT2D eigenvalue weighted by molar-refractivity contribution is -0.929. The summed E-state index contributed by atoms with van der Waals surface area (Å²) in [6.07, 6.45) is 2.08. The van der Waals surface area contributed by atoms with Crippen LogP contribution >= 0.6 is 0 Å². The third-order valence-electron chi connectivity index (χ3n) is 3.94. The second-order valence-electron chi connectivity index (χ2n) is 5.76. The van der Waals surface area contributed by atoms with E-state index in [-0.39, 0.29) is 11.9 Å². The topological polar surface area (TPSA) is 26.3 Å². The van der Waals surface area contributed by atoms with Crippen molar-refractivity contribution >= 4 is 5.97 Å². The van der Waals surface area contributed by atoms with Gasteiger partial charge < -0.3 is 9.22 Å². The van der Waals surface area contributed by atoms with E-state index in [4.69, 9.17) is 4.74 Å². The summed E-state index contributed by atoms with van der Waals surface area (Å²) in [7, 11) is 2.25. The monoisotopic (exact) mass is 262 g/mol. The first-order chi connectivity index (χ1) is 9.13. The fourth-order valence-corrected chi connectivity index (χ4v) is 3.05. The molecule has 0 N–H and O–H groups in total. The SMILES string of the molecule is CCOC(=O)[C@H]1CCC[N+](C)(Cc2ccccc2)C1. The molecule has 3 heteroatoms.